The molecule has 0 radical (unpaired) electrons. The van der Waals surface area contributed by atoms with E-state index in [4.69, 9.17) is 5.73 Å². The van der Waals surface area contributed by atoms with Gasteiger partial charge in [-0.1, -0.05) is 37.3 Å². The van der Waals surface area contributed by atoms with Gasteiger partial charge in [0.1, 0.15) is 0 Å². The molecule has 0 aromatic heterocycles. The Kier molecular flexibility index (Phi) is 5.50. The summed E-state index contributed by atoms with van der Waals surface area (Å²) in [5.74, 6) is 0.445. The Labute approximate surface area is 99.5 Å². The Hall–Kier alpha value is -0.860. The summed E-state index contributed by atoms with van der Waals surface area (Å²) in [7, 11) is 2.18. The van der Waals surface area contributed by atoms with Crippen molar-refractivity contribution in [1.82, 2.24) is 4.90 Å². The molecule has 1 aromatic carbocycles. The molecular formula is C14H24N2. The van der Waals surface area contributed by atoms with E-state index in [1.54, 1.807) is 0 Å². The fourth-order valence-electron chi connectivity index (χ4n) is 1.88. The summed E-state index contributed by atoms with van der Waals surface area (Å²) in [5, 5.41) is 0. The Morgan fingerprint density at radius 1 is 1.25 bits per heavy atom. The third-order valence-corrected chi connectivity index (χ3v) is 3.41. The van der Waals surface area contributed by atoms with Gasteiger partial charge < -0.3 is 10.6 Å². The van der Waals surface area contributed by atoms with Gasteiger partial charge in [0.15, 0.2) is 0 Å². The smallest absolute Gasteiger partial charge is 0.00888 e. The molecule has 0 spiro atoms. The first-order chi connectivity index (χ1) is 7.69. The average molecular weight is 220 g/mol. The van der Waals surface area contributed by atoms with Gasteiger partial charge in [0.05, 0.1) is 0 Å². The van der Waals surface area contributed by atoms with E-state index >= 15 is 0 Å². The van der Waals surface area contributed by atoms with Gasteiger partial charge in [-0.25, -0.2) is 0 Å². The summed E-state index contributed by atoms with van der Waals surface area (Å²) in [6.07, 6.45) is 1.18. The van der Waals surface area contributed by atoms with Crippen LogP contribution >= 0.6 is 0 Å². The van der Waals surface area contributed by atoms with Crippen molar-refractivity contribution >= 4 is 0 Å². The molecule has 0 saturated heterocycles. The maximum atomic E-state index is 5.87. The van der Waals surface area contributed by atoms with Crippen LogP contribution in [0.1, 0.15) is 31.7 Å². The zero-order valence-corrected chi connectivity index (χ0v) is 10.7. The molecule has 16 heavy (non-hydrogen) atoms. The van der Waals surface area contributed by atoms with Crippen molar-refractivity contribution < 1.29 is 0 Å². The molecule has 2 heteroatoms. The lowest BCUT2D eigenvalue weighted by Gasteiger charge is -2.28. The highest BCUT2D eigenvalue weighted by Crippen LogP contribution is 2.16. The summed E-state index contributed by atoms with van der Waals surface area (Å²) in [5.41, 5.74) is 7.22. The minimum Gasteiger partial charge on any atom is -0.330 e. The maximum absolute atomic E-state index is 5.87. The summed E-state index contributed by atoms with van der Waals surface area (Å²) in [6.45, 7) is 6.24. The standard InChI is InChI=1S/C14H24N2/c1-4-12(2)16(3)11-14(10-15)13-8-6-5-7-9-13/h5-9,12,14H,4,10-11,15H2,1-3H3. The minimum absolute atomic E-state index is 0.445. The van der Waals surface area contributed by atoms with Gasteiger partial charge in [-0.15, -0.1) is 0 Å². The van der Waals surface area contributed by atoms with Crippen molar-refractivity contribution in [2.75, 3.05) is 20.1 Å². The van der Waals surface area contributed by atoms with Gasteiger partial charge in [0.25, 0.3) is 0 Å². The maximum Gasteiger partial charge on any atom is 0.00888 e. The molecule has 0 aliphatic heterocycles. The first kappa shape index (κ1) is 13.2. The van der Waals surface area contributed by atoms with Gasteiger partial charge in [-0.2, -0.15) is 0 Å². The number of hydrogen-bond donors (Lipinski definition) is 1. The second kappa shape index (κ2) is 6.66. The van der Waals surface area contributed by atoms with E-state index in [0.717, 1.165) is 6.54 Å². The van der Waals surface area contributed by atoms with Gasteiger partial charge >= 0.3 is 0 Å². The lowest BCUT2D eigenvalue weighted by atomic mass is 9.98. The average Bonchev–Trinajstić information content (AvgIpc) is 2.35. The van der Waals surface area contributed by atoms with Crippen LogP contribution in [0, 0.1) is 0 Å². The van der Waals surface area contributed by atoms with Crippen molar-refractivity contribution in [3.8, 4) is 0 Å². The second-order valence-electron chi connectivity index (χ2n) is 4.54. The van der Waals surface area contributed by atoms with E-state index in [2.05, 4.69) is 56.1 Å². The van der Waals surface area contributed by atoms with Crippen LogP contribution in [-0.4, -0.2) is 31.1 Å². The number of hydrogen-bond acceptors (Lipinski definition) is 2. The number of benzene rings is 1. The van der Waals surface area contributed by atoms with Crippen molar-refractivity contribution in [2.24, 2.45) is 5.73 Å². The van der Waals surface area contributed by atoms with Crippen LogP contribution in [0.4, 0.5) is 0 Å². The third-order valence-electron chi connectivity index (χ3n) is 3.41. The van der Waals surface area contributed by atoms with Crippen molar-refractivity contribution in [3.63, 3.8) is 0 Å². The fraction of sp³-hybridized carbons (Fsp3) is 0.571. The molecule has 0 fully saturated rings. The highest BCUT2D eigenvalue weighted by atomic mass is 15.1. The molecule has 1 rings (SSSR count). The molecule has 0 aliphatic carbocycles. The molecule has 2 nitrogen and oxygen atoms in total. The minimum atomic E-state index is 0.445. The summed E-state index contributed by atoms with van der Waals surface area (Å²) >= 11 is 0. The van der Waals surface area contributed by atoms with E-state index in [1.807, 2.05) is 0 Å². The first-order valence-corrected chi connectivity index (χ1v) is 6.14. The summed E-state index contributed by atoms with van der Waals surface area (Å²) < 4.78 is 0. The van der Waals surface area contributed by atoms with Crippen LogP contribution in [0.15, 0.2) is 30.3 Å². The number of nitrogens with zero attached hydrogens (tertiary/aromatic N) is 1. The van der Waals surface area contributed by atoms with Gasteiger partial charge in [0, 0.05) is 25.0 Å². The molecule has 0 saturated carbocycles. The lowest BCUT2D eigenvalue weighted by molar-refractivity contribution is 0.237. The number of likely N-dealkylation sites (N-methyl/N-ethyl adjacent to an activating group) is 1. The quantitative estimate of drug-likeness (QED) is 0.798. The Morgan fingerprint density at radius 3 is 2.38 bits per heavy atom. The van der Waals surface area contributed by atoms with Crippen LogP contribution in [0.5, 0.6) is 0 Å². The molecule has 0 bridgehead atoms. The van der Waals surface area contributed by atoms with Crippen LogP contribution in [-0.2, 0) is 0 Å². The van der Waals surface area contributed by atoms with E-state index in [1.165, 1.54) is 12.0 Å². The zero-order chi connectivity index (χ0) is 12.0. The number of nitrogens with two attached hydrogens (primary N) is 1. The largest absolute Gasteiger partial charge is 0.330 e. The Morgan fingerprint density at radius 2 is 1.88 bits per heavy atom. The van der Waals surface area contributed by atoms with Crippen molar-refractivity contribution in [3.05, 3.63) is 35.9 Å². The molecule has 2 N–H and O–H groups in total. The van der Waals surface area contributed by atoms with Gasteiger partial charge in [-0.05, 0) is 26.0 Å². The first-order valence-electron chi connectivity index (χ1n) is 6.14. The SMILES string of the molecule is CCC(C)N(C)CC(CN)c1ccccc1. The van der Waals surface area contributed by atoms with Gasteiger partial charge in [-0.3, -0.25) is 0 Å². The lowest BCUT2D eigenvalue weighted by Crippen LogP contribution is -2.34. The molecule has 90 valence electrons. The topological polar surface area (TPSA) is 29.3 Å². The second-order valence-corrected chi connectivity index (χ2v) is 4.54. The zero-order valence-electron chi connectivity index (χ0n) is 10.7. The van der Waals surface area contributed by atoms with E-state index in [0.29, 0.717) is 18.5 Å². The summed E-state index contributed by atoms with van der Waals surface area (Å²) in [6, 6.07) is 11.2. The van der Waals surface area contributed by atoms with Crippen LogP contribution in [0.3, 0.4) is 0 Å². The highest BCUT2D eigenvalue weighted by Gasteiger charge is 2.14. The van der Waals surface area contributed by atoms with Crippen LogP contribution in [0.25, 0.3) is 0 Å². The normalized spacial score (nSPS) is 15.1. The molecule has 2 atom stereocenters. The molecular weight excluding hydrogens is 196 g/mol. The Balaban J connectivity index is 2.62. The predicted octanol–water partition coefficient (Wildman–Crippen LogP) is 2.46. The van der Waals surface area contributed by atoms with Crippen LogP contribution in [0.2, 0.25) is 0 Å². The number of rotatable bonds is 6. The predicted molar refractivity (Wildman–Crippen MR) is 70.6 cm³/mol. The van der Waals surface area contributed by atoms with Crippen LogP contribution < -0.4 is 5.73 Å². The fourth-order valence-corrected chi connectivity index (χ4v) is 1.88. The molecule has 1 aromatic rings. The van der Waals surface area contributed by atoms with E-state index in [9.17, 15) is 0 Å². The summed E-state index contributed by atoms with van der Waals surface area (Å²) in [4.78, 5) is 2.39. The van der Waals surface area contributed by atoms with E-state index in [-0.39, 0.29) is 0 Å². The molecule has 0 amide bonds. The molecule has 0 heterocycles. The van der Waals surface area contributed by atoms with E-state index < -0.39 is 0 Å². The van der Waals surface area contributed by atoms with Crippen molar-refractivity contribution in [1.29, 1.82) is 0 Å². The van der Waals surface area contributed by atoms with Gasteiger partial charge in [0.2, 0.25) is 0 Å². The third kappa shape index (κ3) is 3.62. The monoisotopic (exact) mass is 220 g/mol. The Bertz CT molecular complexity index is 284. The molecule has 0 aliphatic rings. The van der Waals surface area contributed by atoms with Crippen molar-refractivity contribution in [2.45, 2.75) is 32.2 Å². The molecule has 2 unspecified atom stereocenters. The highest BCUT2D eigenvalue weighted by molar-refractivity contribution is 5.20.